The lowest BCUT2D eigenvalue weighted by Crippen LogP contribution is -2.28. The van der Waals surface area contributed by atoms with Gasteiger partial charge in [-0.2, -0.15) is 14.6 Å². The smallest absolute Gasteiger partial charge is 0.296 e. The van der Waals surface area contributed by atoms with E-state index in [0.717, 1.165) is 27.2 Å². The van der Waals surface area contributed by atoms with Gasteiger partial charge in [0.15, 0.2) is 0 Å². The summed E-state index contributed by atoms with van der Waals surface area (Å²) in [5.41, 5.74) is 0.819. The van der Waals surface area contributed by atoms with E-state index in [0.29, 0.717) is 10.1 Å². The summed E-state index contributed by atoms with van der Waals surface area (Å²) in [7, 11) is 1.58. The van der Waals surface area contributed by atoms with Crippen molar-refractivity contribution in [3.63, 3.8) is 0 Å². The Morgan fingerprint density at radius 1 is 1.11 bits per heavy atom. The molecule has 0 amide bonds. The number of ether oxygens (including phenoxy) is 1. The molecule has 0 atom stereocenters. The average molecular weight is 395 g/mol. The lowest BCUT2D eigenvalue weighted by molar-refractivity contribution is 0.415. The molecule has 0 saturated heterocycles. The Morgan fingerprint density at radius 2 is 1.82 bits per heavy atom. The molecular weight excluding hydrogens is 381 g/mol. The van der Waals surface area contributed by atoms with Crippen molar-refractivity contribution in [2.24, 2.45) is 0 Å². The van der Waals surface area contributed by atoms with Gasteiger partial charge >= 0.3 is 0 Å². The highest BCUT2D eigenvalue weighted by molar-refractivity contribution is 7.15. The number of hydrogen-bond acceptors (Lipinski definition) is 6. The molecule has 2 heterocycles. The van der Waals surface area contributed by atoms with E-state index >= 15 is 0 Å². The van der Waals surface area contributed by atoms with E-state index in [1.807, 2.05) is 12.1 Å². The first-order valence-electron chi connectivity index (χ1n) is 8.36. The second kappa shape index (κ2) is 7.32. The van der Waals surface area contributed by atoms with Gasteiger partial charge < -0.3 is 4.74 Å². The maximum absolute atomic E-state index is 13.0. The highest BCUT2D eigenvalue weighted by Crippen LogP contribution is 2.12. The lowest BCUT2D eigenvalue weighted by atomic mass is 10.1. The Labute approximate surface area is 162 Å². The van der Waals surface area contributed by atoms with Crippen LogP contribution in [0.25, 0.3) is 11.0 Å². The van der Waals surface area contributed by atoms with Crippen LogP contribution in [0, 0.1) is 5.82 Å². The molecule has 0 saturated carbocycles. The fraction of sp³-hybridized carbons (Fsp3) is 0.100. The molecule has 28 heavy (non-hydrogen) atoms. The zero-order valence-electron chi connectivity index (χ0n) is 14.8. The molecule has 0 spiro atoms. The molecule has 0 unspecified atom stereocenters. The van der Waals surface area contributed by atoms with Crippen molar-refractivity contribution >= 4 is 22.4 Å². The molecule has 0 fully saturated rings. The highest BCUT2D eigenvalue weighted by atomic mass is 32.1. The van der Waals surface area contributed by atoms with Crippen LogP contribution in [-0.2, 0) is 6.42 Å². The van der Waals surface area contributed by atoms with Gasteiger partial charge in [0.05, 0.1) is 11.6 Å². The van der Waals surface area contributed by atoms with Crippen molar-refractivity contribution < 1.29 is 9.13 Å². The van der Waals surface area contributed by atoms with E-state index < -0.39 is 5.56 Å². The Morgan fingerprint density at radius 3 is 2.50 bits per heavy atom. The number of fused-ring (bicyclic) bond motifs is 1. The van der Waals surface area contributed by atoms with Crippen LogP contribution >= 0.6 is 11.3 Å². The number of hydrogen-bond donors (Lipinski definition) is 0. The summed E-state index contributed by atoms with van der Waals surface area (Å²) in [6.07, 6.45) is 1.88. The molecule has 4 aromatic rings. The quantitative estimate of drug-likeness (QED) is 0.527. The zero-order valence-corrected chi connectivity index (χ0v) is 15.6. The van der Waals surface area contributed by atoms with Gasteiger partial charge in [-0.05, 0) is 41.5 Å². The second-order valence-electron chi connectivity index (χ2n) is 6.05. The van der Waals surface area contributed by atoms with Gasteiger partial charge in [0.2, 0.25) is 4.96 Å². The van der Waals surface area contributed by atoms with E-state index in [1.165, 1.54) is 12.1 Å². The third kappa shape index (κ3) is 3.54. The fourth-order valence-electron chi connectivity index (χ4n) is 2.70. The van der Waals surface area contributed by atoms with E-state index in [1.54, 1.807) is 37.5 Å². The van der Waals surface area contributed by atoms with Crippen molar-refractivity contribution in [2.45, 2.75) is 6.42 Å². The van der Waals surface area contributed by atoms with Gasteiger partial charge in [0.1, 0.15) is 17.3 Å². The first kappa shape index (κ1) is 18.0. The molecule has 4 rings (SSSR count). The number of aromatic nitrogens is 3. The number of thiazole rings is 1. The number of rotatable bonds is 4. The fourth-order valence-corrected chi connectivity index (χ4v) is 3.60. The summed E-state index contributed by atoms with van der Waals surface area (Å²) >= 11 is 1.10. The minimum absolute atomic E-state index is 0.134. The maximum atomic E-state index is 13.0. The Kier molecular flexibility index (Phi) is 4.70. The third-order valence-corrected chi connectivity index (χ3v) is 5.11. The van der Waals surface area contributed by atoms with Gasteiger partial charge in [-0.15, -0.1) is 0 Å². The molecular formula is C20H14FN3O3S. The van der Waals surface area contributed by atoms with Crippen LogP contribution in [0.3, 0.4) is 0 Å². The van der Waals surface area contributed by atoms with Gasteiger partial charge in [0.25, 0.3) is 11.1 Å². The van der Waals surface area contributed by atoms with Gasteiger partial charge in [-0.1, -0.05) is 35.6 Å². The summed E-state index contributed by atoms with van der Waals surface area (Å²) in [5.74, 6) is 0.357. The van der Waals surface area contributed by atoms with Gasteiger partial charge in [-0.3, -0.25) is 9.59 Å². The summed E-state index contributed by atoms with van der Waals surface area (Å²) in [6, 6.07) is 13.0. The second-order valence-corrected chi connectivity index (χ2v) is 7.06. The monoisotopic (exact) mass is 395 g/mol. The van der Waals surface area contributed by atoms with Gasteiger partial charge in [0, 0.05) is 6.42 Å². The number of halogens is 1. The van der Waals surface area contributed by atoms with E-state index in [2.05, 4.69) is 10.1 Å². The Bertz CT molecular complexity index is 1310. The molecule has 0 bridgehead atoms. The van der Waals surface area contributed by atoms with Crippen LogP contribution in [0.1, 0.15) is 16.8 Å². The van der Waals surface area contributed by atoms with Crippen molar-refractivity contribution in [3.8, 4) is 5.75 Å². The van der Waals surface area contributed by atoms with E-state index in [4.69, 9.17) is 4.74 Å². The van der Waals surface area contributed by atoms with Crippen LogP contribution in [0.5, 0.6) is 5.75 Å². The molecule has 2 aromatic carbocycles. The van der Waals surface area contributed by atoms with Gasteiger partial charge in [-0.25, -0.2) is 4.39 Å². The molecule has 2 aromatic heterocycles. The Balaban J connectivity index is 1.76. The van der Waals surface area contributed by atoms with Crippen LogP contribution in [0.2, 0.25) is 0 Å². The summed E-state index contributed by atoms with van der Waals surface area (Å²) in [5, 5.41) is 4.19. The molecule has 0 radical (unpaired) electrons. The highest BCUT2D eigenvalue weighted by Gasteiger charge is 2.12. The minimum atomic E-state index is -0.499. The van der Waals surface area contributed by atoms with Crippen molar-refractivity contribution in [1.82, 2.24) is 14.6 Å². The molecule has 140 valence electrons. The Hall–Kier alpha value is -3.39. The predicted molar refractivity (Wildman–Crippen MR) is 104 cm³/mol. The molecule has 0 aliphatic carbocycles. The summed E-state index contributed by atoms with van der Waals surface area (Å²) in [6.45, 7) is 0. The van der Waals surface area contributed by atoms with E-state index in [-0.39, 0.29) is 28.5 Å². The van der Waals surface area contributed by atoms with Crippen molar-refractivity contribution in [1.29, 1.82) is 0 Å². The average Bonchev–Trinajstić information content (AvgIpc) is 2.99. The zero-order chi connectivity index (χ0) is 19.7. The van der Waals surface area contributed by atoms with Crippen LogP contribution in [-0.4, -0.2) is 21.7 Å². The summed E-state index contributed by atoms with van der Waals surface area (Å²) < 4.78 is 19.7. The third-order valence-electron chi connectivity index (χ3n) is 4.15. The molecule has 0 aliphatic heterocycles. The standard InChI is InChI=1S/C20H14FN3O3S/c1-27-15-8-4-13(5-9-15)11-17-19(26)24-20(28-17)22-18(25)16(23-24)10-12-2-6-14(21)7-3-12/h2-9,11H,10H2,1H3. The largest absolute Gasteiger partial charge is 0.497 e. The topological polar surface area (TPSA) is 73.6 Å². The molecule has 0 N–H and O–H groups in total. The lowest BCUT2D eigenvalue weighted by Gasteiger charge is -2.00. The number of methoxy groups -OCH3 is 1. The molecule has 6 nitrogen and oxygen atoms in total. The predicted octanol–water partition coefficient (Wildman–Crippen LogP) is 1.80. The molecule has 8 heteroatoms. The molecule has 0 aliphatic rings. The van der Waals surface area contributed by atoms with Crippen molar-refractivity contribution in [3.05, 3.63) is 96.4 Å². The first-order valence-corrected chi connectivity index (χ1v) is 9.18. The SMILES string of the molecule is COc1ccc(C=c2sc3nc(=O)c(Cc4ccc(F)cc4)nn3c2=O)cc1. The normalized spacial score (nSPS) is 11.9. The van der Waals surface area contributed by atoms with Crippen LogP contribution in [0.15, 0.2) is 58.1 Å². The summed E-state index contributed by atoms with van der Waals surface area (Å²) in [4.78, 5) is 29.2. The van der Waals surface area contributed by atoms with E-state index in [9.17, 15) is 14.0 Å². The van der Waals surface area contributed by atoms with Crippen LogP contribution in [0.4, 0.5) is 4.39 Å². The van der Waals surface area contributed by atoms with Crippen LogP contribution < -0.4 is 20.4 Å². The maximum Gasteiger partial charge on any atom is 0.296 e. The number of nitrogens with zero attached hydrogens (tertiary/aromatic N) is 3. The van der Waals surface area contributed by atoms with Crippen molar-refractivity contribution in [2.75, 3.05) is 7.11 Å². The number of benzene rings is 2. The minimum Gasteiger partial charge on any atom is -0.497 e. The first-order chi connectivity index (χ1) is 13.5.